The first-order valence-corrected chi connectivity index (χ1v) is 9.98. The lowest BCUT2D eigenvalue weighted by molar-refractivity contribution is 0.0760. The smallest absolute Gasteiger partial charge is 0.253 e. The molecule has 0 aromatic heterocycles. The maximum Gasteiger partial charge on any atom is 0.253 e. The van der Waals surface area contributed by atoms with E-state index >= 15 is 0 Å². The summed E-state index contributed by atoms with van der Waals surface area (Å²) in [5, 5.41) is 0. The highest BCUT2D eigenvalue weighted by Gasteiger charge is 2.29. The molecule has 1 atom stereocenters. The van der Waals surface area contributed by atoms with Crippen molar-refractivity contribution in [2.24, 2.45) is 5.92 Å². The molecule has 1 aromatic rings. The lowest BCUT2D eigenvalue weighted by Crippen LogP contribution is -2.32. The largest absolute Gasteiger partial charge is 0.339 e. The van der Waals surface area contributed by atoms with Gasteiger partial charge in [-0.05, 0) is 49.8 Å². The van der Waals surface area contributed by atoms with Crippen molar-refractivity contribution in [2.75, 3.05) is 29.7 Å². The summed E-state index contributed by atoms with van der Waals surface area (Å²) >= 11 is 0. The number of benzene rings is 1. The zero-order valence-corrected chi connectivity index (χ0v) is 14.4. The van der Waals surface area contributed by atoms with E-state index in [0.29, 0.717) is 30.1 Å². The van der Waals surface area contributed by atoms with E-state index in [0.717, 1.165) is 32.4 Å². The Balaban J connectivity index is 1.80. The van der Waals surface area contributed by atoms with Crippen LogP contribution in [0.1, 0.15) is 43.0 Å². The molecule has 0 N–H and O–H groups in total. The molecule has 2 heterocycles. The molecule has 126 valence electrons. The first kappa shape index (κ1) is 16.3. The number of sulfonamides is 1. The fourth-order valence-corrected chi connectivity index (χ4v) is 4.93. The second-order valence-corrected chi connectivity index (χ2v) is 8.63. The summed E-state index contributed by atoms with van der Waals surface area (Å²) in [5.41, 5.74) is 1.19. The van der Waals surface area contributed by atoms with Gasteiger partial charge in [-0.3, -0.25) is 9.10 Å². The molecular weight excluding hydrogens is 312 g/mol. The zero-order chi connectivity index (χ0) is 16.4. The molecule has 2 fully saturated rings. The summed E-state index contributed by atoms with van der Waals surface area (Å²) in [7, 11) is -3.21. The third-order valence-electron chi connectivity index (χ3n) is 4.78. The number of hydrogen-bond donors (Lipinski definition) is 0. The van der Waals surface area contributed by atoms with Crippen LogP contribution in [0.25, 0.3) is 0 Å². The van der Waals surface area contributed by atoms with Gasteiger partial charge in [0.05, 0.1) is 11.4 Å². The normalized spacial score (nSPS) is 24.5. The Morgan fingerprint density at radius 1 is 1.13 bits per heavy atom. The average molecular weight is 336 g/mol. The average Bonchev–Trinajstić information content (AvgIpc) is 2.75. The van der Waals surface area contributed by atoms with E-state index in [-0.39, 0.29) is 11.7 Å². The van der Waals surface area contributed by atoms with Crippen molar-refractivity contribution in [3.8, 4) is 0 Å². The van der Waals surface area contributed by atoms with E-state index < -0.39 is 10.0 Å². The molecule has 1 amide bonds. The highest BCUT2D eigenvalue weighted by molar-refractivity contribution is 7.93. The van der Waals surface area contributed by atoms with Gasteiger partial charge in [-0.1, -0.05) is 13.0 Å². The van der Waals surface area contributed by atoms with E-state index in [9.17, 15) is 13.2 Å². The maximum atomic E-state index is 12.7. The summed E-state index contributed by atoms with van der Waals surface area (Å²) in [6, 6.07) is 7.05. The second kappa shape index (κ2) is 6.51. The van der Waals surface area contributed by atoms with Crippen LogP contribution in [0.15, 0.2) is 24.3 Å². The minimum atomic E-state index is -3.21. The van der Waals surface area contributed by atoms with Crippen molar-refractivity contribution in [2.45, 2.75) is 32.6 Å². The monoisotopic (exact) mass is 336 g/mol. The molecule has 0 aliphatic carbocycles. The minimum Gasteiger partial charge on any atom is -0.339 e. The van der Waals surface area contributed by atoms with Crippen LogP contribution >= 0.6 is 0 Å². The summed E-state index contributed by atoms with van der Waals surface area (Å²) in [6.45, 7) is 4.30. The molecule has 0 spiro atoms. The van der Waals surface area contributed by atoms with E-state index in [1.807, 2.05) is 4.90 Å². The molecule has 1 unspecified atom stereocenters. The van der Waals surface area contributed by atoms with Crippen molar-refractivity contribution in [3.63, 3.8) is 0 Å². The summed E-state index contributed by atoms with van der Waals surface area (Å²) in [4.78, 5) is 14.6. The highest BCUT2D eigenvalue weighted by Crippen LogP contribution is 2.26. The fourth-order valence-electron chi connectivity index (χ4n) is 3.37. The fraction of sp³-hybridized carbons (Fsp3) is 0.588. The van der Waals surface area contributed by atoms with Crippen LogP contribution in [0.2, 0.25) is 0 Å². The van der Waals surface area contributed by atoms with Gasteiger partial charge >= 0.3 is 0 Å². The molecule has 0 radical (unpaired) electrons. The van der Waals surface area contributed by atoms with Gasteiger partial charge in [0, 0.05) is 25.2 Å². The molecule has 0 bridgehead atoms. The summed E-state index contributed by atoms with van der Waals surface area (Å²) in [5.74, 6) is 0.862. The number of carbonyl (C=O) groups excluding carboxylic acids is 1. The number of amides is 1. The summed E-state index contributed by atoms with van der Waals surface area (Å²) < 4.78 is 25.5. The van der Waals surface area contributed by atoms with Crippen molar-refractivity contribution >= 4 is 21.6 Å². The van der Waals surface area contributed by atoms with E-state index in [1.54, 1.807) is 24.3 Å². The minimum absolute atomic E-state index is 0.0116. The summed E-state index contributed by atoms with van der Waals surface area (Å²) in [6.07, 6.45) is 3.87. The molecule has 0 saturated carbocycles. The third-order valence-corrected chi connectivity index (χ3v) is 6.65. The van der Waals surface area contributed by atoms with Crippen molar-refractivity contribution in [3.05, 3.63) is 29.8 Å². The lowest BCUT2D eigenvalue weighted by atomic mass is 10.0. The Hall–Kier alpha value is -1.56. The predicted octanol–water partition coefficient (Wildman–Crippen LogP) is 2.49. The topological polar surface area (TPSA) is 57.7 Å². The van der Waals surface area contributed by atoms with Crippen LogP contribution < -0.4 is 4.31 Å². The Labute approximate surface area is 138 Å². The maximum absolute atomic E-state index is 12.7. The lowest BCUT2D eigenvalue weighted by Gasteiger charge is -2.22. The van der Waals surface area contributed by atoms with Gasteiger partial charge in [0.1, 0.15) is 0 Å². The molecule has 23 heavy (non-hydrogen) atoms. The van der Waals surface area contributed by atoms with Gasteiger partial charge in [0.25, 0.3) is 5.91 Å². The van der Waals surface area contributed by atoms with Crippen molar-refractivity contribution in [1.82, 2.24) is 4.90 Å². The number of likely N-dealkylation sites (tertiary alicyclic amines) is 1. The Kier molecular flexibility index (Phi) is 4.62. The molecule has 5 nitrogen and oxygen atoms in total. The van der Waals surface area contributed by atoms with E-state index in [4.69, 9.17) is 0 Å². The molecule has 2 aliphatic heterocycles. The van der Waals surface area contributed by atoms with Crippen LogP contribution in [0.4, 0.5) is 5.69 Å². The SMILES string of the molecule is CC1CCCN(C(=O)c2cccc(N3CCCS3(=O)=O)c2)CC1. The molecule has 1 aromatic carbocycles. The number of carbonyl (C=O) groups is 1. The number of anilines is 1. The van der Waals surface area contributed by atoms with Crippen LogP contribution in [-0.4, -0.2) is 44.6 Å². The van der Waals surface area contributed by atoms with Gasteiger partial charge in [0.15, 0.2) is 0 Å². The van der Waals surface area contributed by atoms with Gasteiger partial charge in [-0.2, -0.15) is 0 Å². The second-order valence-electron chi connectivity index (χ2n) is 6.62. The highest BCUT2D eigenvalue weighted by atomic mass is 32.2. The number of rotatable bonds is 2. The predicted molar refractivity (Wildman–Crippen MR) is 91.1 cm³/mol. The van der Waals surface area contributed by atoms with Gasteiger partial charge < -0.3 is 4.90 Å². The molecule has 3 rings (SSSR count). The van der Waals surface area contributed by atoms with Crippen molar-refractivity contribution in [1.29, 1.82) is 0 Å². The number of hydrogen-bond acceptors (Lipinski definition) is 3. The zero-order valence-electron chi connectivity index (χ0n) is 13.6. The van der Waals surface area contributed by atoms with E-state index in [1.165, 1.54) is 4.31 Å². The molecule has 2 saturated heterocycles. The van der Waals surface area contributed by atoms with Crippen LogP contribution in [-0.2, 0) is 10.0 Å². The van der Waals surface area contributed by atoms with Gasteiger partial charge in [-0.15, -0.1) is 0 Å². The van der Waals surface area contributed by atoms with E-state index in [2.05, 4.69) is 6.92 Å². The van der Waals surface area contributed by atoms with Crippen LogP contribution in [0, 0.1) is 5.92 Å². The quantitative estimate of drug-likeness (QED) is 0.834. The third kappa shape index (κ3) is 3.52. The first-order valence-electron chi connectivity index (χ1n) is 8.37. The Morgan fingerprint density at radius 2 is 1.96 bits per heavy atom. The van der Waals surface area contributed by atoms with Gasteiger partial charge in [0.2, 0.25) is 10.0 Å². The molecule has 6 heteroatoms. The first-order chi connectivity index (χ1) is 11.0. The van der Waals surface area contributed by atoms with Crippen LogP contribution in [0.3, 0.4) is 0 Å². The van der Waals surface area contributed by atoms with Crippen LogP contribution in [0.5, 0.6) is 0 Å². The Bertz CT molecular complexity index is 687. The standard InChI is InChI=1S/C17H24N2O3S/c1-14-5-3-9-18(11-8-14)17(20)15-6-2-7-16(13-15)19-10-4-12-23(19,21)22/h2,6-7,13-14H,3-5,8-12H2,1H3. The Morgan fingerprint density at radius 3 is 2.70 bits per heavy atom. The van der Waals surface area contributed by atoms with Crippen molar-refractivity contribution < 1.29 is 13.2 Å². The molecule has 2 aliphatic rings. The number of nitrogens with zero attached hydrogens (tertiary/aromatic N) is 2. The van der Waals surface area contributed by atoms with Gasteiger partial charge in [-0.25, -0.2) is 8.42 Å². The molecular formula is C17H24N2O3S.